The van der Waals surface area contributed by atoms with Crippen molar-refractivity contribution in [3.63, 3.8) is 0 Å². The molecule has 3 N–H and O–H groups in total. The third kappa shape index (κ3) is 3.83. The largest absolute Gasteiger partial charge is 0.384 e. The van der Waals surface area contributed by atoms with E-state index in [-0.39, 0.29) is 17.1 Å². The number of hydrogen-bond acceptors (Lipinski definition) is 8. The first-order chi connectivity index (χ1) is 14.0. The number of nitrogen functional groups attached to an aromatic ring is 1. The van der Waals surface area contributed by atoms with Gasteiger partial charge in [-0.3, -0.25) is 23.7 Å². The lowest BCUT2D eigenvalue weighted by atomic mass is 10.2. The van der Waals surface area contributed by atoms with Crippen LogP contribution in [-0.4, -0.2) is 48.9 Å². The molecule has 0 aromatic carbocycles. The summed E-state index contributed by atoms with van der Waals surface area (Å²) in [4.78, 5) is 41.4. The lowest BCUT2D eigenvalue weighted by molar-refractivity contribution is 0.102. The van der Waals surface area contributed by atoms with E-state index in [1.54, 1.807) is 0 Å². The van der Waals surface area contributed by atoms with E-state index < -0.39 is 17.0 Å². The zero-order valence-electron chi connectivity index (χ0n) is 16.4. The highest BCUT2D eigenvalue weighted by molar-refractivity contribution is 7.99. The molecule has 1 aliphatic heterocycles. The molecule has 1 saturated heterocycles. The summed E-state index contributed by atoms with van der Waals surface area (Å²) in [5.74, 6) is 0.371. The minimum atomic E-state index is -0.744. The Balaban J connectivity index is 1.56. The molecule has 1 aliphatic carbocycles. The van der Waals surface area contributed by atoms with Gasteiger partial charge in [-0.25, -0.2) is 4.79 Å². The van der Waals surface area contributed by atoms with Gasteiger partial charge in [0.1, 0.15) is 11.4 Å². The molecule has 1 saturated carbocycles. The number of H-pyrrole nitrogens is 1. The molecular weight excluding hydrogens is 394 g/mol. The van der Waals surface area contributed by atoms with Gasteiger partial charge in [0.25, 0.3) is 5.56 Å². The Kier molecular flexibility index (Phi) is 5.48. The minimum absolute atomic E-state index is 0.00244. The second kappa shape index (κ2) is 8.05. The van der Waals surface area contributed by atoms with E-state index in [1.807, 2.05) is 6.92 Å². The van der Waals surface area contributed by atoms with E-state index in [2.05, 4.69) is 24.6 Å². The van der Waals surface area contributed by atoms with Crippen LogP contribution >= 0.6 is 11.8 Å². The SMILES string of the molecule is CCCn1c(N)c(C(=O)CSc2nnc(N3CCCC3)n2C2CC2)c(=O)[nH]c1=O. The van der Waals surface area contributed by atoms with Crippen LogP contribution in [0.5, 0.6) is 0 Å². The van der Waals surface area contributed by atoms with Crippen molar-refractivity contribution in [2.45, 2.75) is 56.8 Å². The standard InChI is InChI=1S/C18H25N7O3S/c1-2-7-24-14(19)13(15(27)20-17(24)28)12(26)10-29-18-22-21-16(23-8-3-4-9-23)25(18)11-5-6-11/h11H,2-10,19H2,1H3,(H,20,27,28). The number of nitrogens with two attached hydrogens (primary N) is 1. The predicted molar refractivity (Wildman–Crippen MR) is 111 cm³/mol. The van der Waals surface area contributed by atoms with Gasteiger partial charge in [0.2, 0.25) is 5.95 Å². The summed E-state index contributed by atoms with van der Waals surface area (Å²) in [5, 5.41) is 9.35. The number of aromatic nitrogens is 5. The number of ketones is 1. The van der Waals surface area contributed by atoms with Crippen LogP contribution in [0.4, 0.5) is 11.8 Å². The molecule has 11 heteroatoms. The Hall–Kier alpha value is -2.56. The van der Waals surface area contributed by atoms with Gasteiger partial charge in [0, 0.05) is 25.7 Å². The minimum Gasteiger partial charge on any atom is -0.384 e. The van der Waals surface area contributed by atoms with Gasteiger partial charge in [0.15, 0.2) is 10.9 Å². The van der Waals surface area contributed by atoms with E-state index in [4.69, 9.17) is 5.73 Å². The zero-order valence-corrected chi connectivity index (χ0v) is 17.2. The molecule has 4 rings (SSSR count). The predicted octanol–water partition coefficient (Wildman–Crippen LogP) is 1.03. The fraction of sp³-hybridized carbons (Fsp3) is 0.611. The van der Waals surface area contributed by atoms with Crippen LogP contribution in [0.1, 0.15) is 55.4 Å². The van der Waals surface area contributed by atoms with Crippen LogP contribution < -0.4 is 21.9 Å². The summed E-state index contributed by atoms with van der Waals surface area (Å²) in [6.45, 7) is 4.17. The quantitative estimate of drug-likeness (QED) is 0.479. The molecule has 2 fully saturated rings. The van der Waals surface area contributed by atoms with Gasteiger partial charge in [-0.1, -0.05) is 18.7 Å². The number of hydrogen-bond donors (Lipinski definition) is 2. The number of aromatic amines is 1. The monoisotopic (exact) mass is 419 g/mol. The highest BCUT2D eigenvalue weighted by Gasteiger charge is 2.32. The van der Waals surface area contributed by atoms with Crippen molar-refractivity contribution in [2.24, 2.45) is 0 Å². The Labute approximate surface area is 171 Å². The third-order valence-electron chi connectivity index (χ3n) is 5.25. The average molecular weight is 420 g/mol. The molecule has 0 spiro atoms. The van der Waals surface area contributed by atoms with Crippen LogP contribution in [0.25, 0.3) is 0 Å². The molecular formula is C18H25N7O3S. The number of nitrogens with zero attached hydrogens (tertiary/aromatic N) is 5. The van der Waals surface area contributed by atoms with Crippen LogP contribution in [0, 0.1) is 0 Å². The summed E-state index contributed by atoms with van der Waals surface area (Å²) in [6.07, 6.45) is 5.11. The number of anilines is 2. The molecule has 0 amide bonds. The van der Waals surface area contributed by atoms with E-state index in [9.17, 15) is 14.4 Å². The smallest absolute Gasteiger partial charge is 0.329 e. The molecule has 0 atom stereocenters. The van der Waals surface area contributed by atoms with Crippen LogP contribution in [0.3, 0.4) is 0 Å². The number of Topliss-reactive ketones (excluding diaryl/α,β-unsaturated/α-hetero) is 1. The topological polar surface area (TPSA) is 132 Å². The van der Waals surface area contributed by atoms with E-state index in [1.165, 1.54) is 16.3 Å². The molecule has 2 aromatic rings. The first kappa shape index (κ1) is 19.7. The molecule has 156 valence electrons. The van der Waals surface area contributed by atoms with Crippen LogP contribution in [-0.2, 0) is 6.54 Å². The van der Waals surface area contributed by atoms with E-state index >= 15 is 0 Å². The number of rotatable bonds is 8. The highest BCUT2D eigenvalue weighted by Crippen LogP contribution is 2.41. The number of thioether (sulfide) groups is 1. The second-order valence-corrected chi connectivity index (χ2v) is 8.40. The van der Waals surface area contributed by atoms with Crippen LogP contribution in [0.2, 0.25) is 0 Å². The van der Waals surface area contributed by atoms with E-state index in [0.717, 1.165) is 44.7 Å². The molecule has 3 heterocycles. The molecule has 10 nitrogen and oxygen atoms in total. The van der Waals surface area contributed by atoms with Crippen LogP contribution in [0.15, 0.2) is 14.7 Å². The van der Waals surface area contributed by atoms with Crippen molar-refractivity contribution < 1.29 is 4.79 Å². The van der Waals surface area contributed by atoms with Crippen molar-refractivity contribution in [2.75, 3.05) is 29.5 Å². The normalized spacial score (nSPS) is 16.5. The van der Waals surface area contributed by atoms with Gasteiger partial charge in [-0.2, -0.15) is 0 Å². The Bertz CT molecular complexity index is 1030. The van der Waals surface area contributed by atoms with Gasteiger partial charge in [0.05, 0.1) is 5.75 Å². The molecule has 0 unspecified atom stereocenters. The molecule has 0 radical (unpaired) electrons. The van der Waals surface area contributed by atoms with Crippen molar-refractivity contribution in [1.82, 2.24) is 24.3 Å². The van der Waals surface area contributed by atoms with E-state index in [0.29, 0.717) is 24.2 Å². The van der Waals surface area contributed by atoms with Gasteiger partial charge >= 0.3 is 5.69 Å². The fourth-order valence-electron chi connectivity index (χ4n) is 3.66. The fourth-order valence-corrected chi connectivity index (χ4v) is 4.53. The second-order valence-electron chi connectivity index (χ2n) is 7.46. The van der Waals surface area contributed by atoms with Gasteiger partial charge < -0.3 is 10.6 Å². The number of nitrogens with one attached hydrogen (secondary N) is 1. The van der Waals surface area contributed by atoms with Crippen molar-refractivity contribution in [1.29, 1.82) is 0 Å². The summed E-state index contributed by atoms with van der Waals surface area (Å²) in [5.41, 5.74) is 4.49. The maximum atomic E-state index is 12.8. The summed E-state index contributed by atoms with van der Waals surface area (Å²) in [7, 11) is 0. The Morgan fingerprint density at radius 1 is 1.24 bits per heavy atom. The third-order valence-corrected chi connectivity index (χ3v) is 6.19. The molecule has 2 aliphatic rings. The highest BCUT2D eigenvalue weighted by atomic mass is 32.2. The van der Waals surface area contributed by atoms with Crippen molar-refractivity contribution >= 4 is 29.3 Å². The first-order valence-corrected chi connectivity index (χ1v) is 11.0. The van der Waals surface area contributed by atoms with Crippen molar-refractivity contribution in [3.8, 4) is 0 Å². The van der Waals surface area contributed by atoms with Gasteiger partial charge in [-0.05, 0) is 32.1 Å². The maximum absolute atomic E-state index is 12.8. The molecule has 0 bridgehead atoms. The summed E-state index contributed by atoms with van der Waals surface area (Å²) in [6, 6.07) is 0.373. The lowest BCUT2D eigenvalue weighted by Crippen LogP contribution is -2.36. The molecule has 29 heavy (non-hydrogen) atoms. The van der Waals surface area contributed by atoms with Gasteiger partial charge in [-0.15, -0.1) is 10.2 Å². The summed E-state index contributed by atoms with van der Waals surface area (Å²) < 4.78 is 3.35. The lowest BCUT2D eigenvalue weighted by Gasteiger charge is -2.17. The average Bonchev–Trinajstić information content (AvgIpc) is 3.21. The Morgan fingerprint density at radius 3 is 2.62 bits per heavy atom. The first-order valence-electron chi connectivity index (χ1n) is 9.99. The number of carbonyl (C=O) groups excluding carboxylic acids is 1. The summed E-state index contributed by atoms with van der Waals surface area (Å²) >= 11 is 1.26. The molecule has 2 aromatic heterocycles. The zero-order chi connectivity index (χ0) is 20.5. The number of carbonyl (C=O) groups is 1. The van der Waals surface area contributed by atoms with Crippen molar-refractivity contribution in [3.05, 3.63) is 26.4 Å². The maximum Gasteiger partial charge on any atom is 0.329 e. The Morgan fingerprint density at radius 2 is 1.97 bits per heavy atom.